The second-order valence-electron chi connectivity index (χ2n) is 7.18. The molecule has 2 rings (SSSR count). The largest absolute Gasteiger partial charge is 0.493 e. The Hall–Kier alpha value is -1.84. The van der Waals surface area contributed by atoms with E-state index in [1.165, 1.54) is 12.1 Å². The molecule has 2 amide bonds. The lowest BCUT2D eigenvalue weighted by Gasteiger charge is -2.29. The third-order valence-electron chi connectivity index (χ3n) is 4.68. The highest BCUT2D eigenvalue weighted by molar-refractivity contribution is 7.90. The number of aliphatic hydroxyl groups is 2. The zero-order valence-electron chi connectivity index (χ0n) is 15.6. The molecule has 1 aliphatic rings. The normalized spacial score (nSPS) is 25.2. The Balaban J connectivity index is 2.01. The minimum atomic E-state index is -3.28. The third-order valence-corrected chi connectivity index (χ3v) is 5.81. The molecule has 0 aromatic heterocycles. The maximum Gasteiger partial charge on any atom is 0.314 e. The first kappa shape index (κ1) is 21.5. The zero-order chi connectivity index (χ0) is 20.1. The summed E-state index contributed by atoms with van der Waals surface area (Å²) in [5.74, 6) is 0.480. The maximum absolute atomic E-state index is 11.8. The van der Waals surface area contributed by atoms with Crippen LogP contribution in [0.4, 0.5) is 4.79 Å². The van der Waals surface area contributed by atoms with E-state index < -0.39 is 27.5 Å². The number of amides is 2. The monoisotopic (exact) mass is 400 g/mol. The number of rotatable bonds is 8. The number of aliphatic hydroxyl groups excluding tert-OH is 2. The number of hydrogen-bond acceptors (Lipinski definition) is 6. The lowest BCUT2D eigenvalue weighted by Crippen LogP contribution is -2.44. The molecule has 4 N–H and O–H groups in total. The average molecular weight is 400 g/mol. The molecule has 0 aliphatic heterocycles. The number of carbonyl (C=O) groups excluding carboxylic acids is 1. The molecule has 0 bridgehead atoms. The van der Waals surface area contributed by atoms with Gasteiger partial charge in [-0.3, -0.25) is 0 Å². The first-order valence-corrected chi connectivity index (χ1v) is 10.9. The Morgan fingerprint density at radius 1 is 1.19 bits per heavy atom. The molecule has 0 heterocycles. The van der Waals surface area contributed by atoms with Gasteiger partial charge in [-0.05, 0) is 43.5 Å². The lowest BCUT2D eigenvalue weighted by molar-refractivity contribution is 0.0438. The van der Waals surface area contributed by atoms with Gasteiger partial charge in [0.15, 0.2) is 9.84 Å². The second kappa shape index (κ2) is 8.90. The third kappa shape index (κ3) is 6.08. The number of ether oxygens (including phenoxy) is 1. The number of carbonyl (C=O) groups is 1. The van der Waals surface area contributed by atoms with Gasteiger partial charge in [-0.15, -0.1) is 0 Å². The summed E-state index contributed by atoms with van der Waals surface area (Å²) in [4.78, 5) is 12.0. The molecule has 0 saturated heterocycles. The standard InChI is InChI=1S/C18H28N2O6S/c1-3-8-19-17(23)20-11-18(9-15(21)16(22)10-18)12-26-13-4-6-14(7-5-13)27(2,24)25/h4-7,15-16,21-22H,3,8-12H2,1-2H3,(H2,19,20,23)/t15-,16+,18?. The number of benzene rings is 1. The van der Waals surface area contributed by atoms with Crippen LogP contribution in [-0.4, -0.2) is 62.8 Å². The fourth-order valence-corrected chi connectivity index (χ4v) is 3.77. The fourth-order valence-electron chi connectivity index (χ4n) is 3.14. The van der Waals surface area contributed by atoms with Crippen molar-refractivity contribution in [2.45, 2.75) is 43.3 Å². The van der Waals surface area contributed by atoms with Crippen molar-refractivity contribution in [3.05, 3.63) is 24.3 Å². The van der Waals surface area contributed by atoms with Gasteiger partial charge in [0.1, 0.15) is 5.75 Å². The van der Waals surface area contributed by atoms with Crippen LogP contribution in [0.3, 0.4) is 0 Å². The van der Waals surface area contributed by atoms with Crippen LogP contribution in [0.1, 0.15) is 26.2 Å². The van der Waals surface area contributed by atoms with Crippen LogP contribution < -0.4 is 15.4 Å². The van der Waals surface area contributed by atoms with Crippen molar-refractivity contribution in [1.82, 2.24) is 10.6 Å². The van der Waals surface area contributed by atoms with Crippen molar-refractivity contribution >= 4 is 15.9 Å². The molecule has 0 radical (unpaired) electrons. The summed E-state index contributed by atoms with van der Waals surface area (Å²) in [5, 5.41) is 25.4. The molecule has 0 spiro atoms. The molecule has 1 saturated carbocycles. The molecular weight excluding hydrogens is 372 g/mol. The molecule has 27 heavy (non-hydrogen) atoms. The highest BCUT2D eigenvalue weighted by Crippen LogP contribution is 2.38. The SMILES string of the molecule is CCCNC(=O)NCC1(COc2ccc(S(C)(=O)=O)cc2)C[C@@H](O)[C@@H](O)C1. The average Bonchev–Trinajstić information content (AvgIpc) is 2.90. The maximum atomic E-state index is 11.8. The van der Waals surface area contributed by atoms with E-state index in [2.05, 4.69) is 10.6 Å². The van der Waals surface area contributed by atoms with Gasteiger partial charge in [-0.2, -0.15) is 0 Å². The van der Waals surface area contributed by atoms with E-state index in [-0.39, 0.29) is 24.1 Å². The topological polar surface area (TPSA) is 125 Å². The molecule has 9 heteroatoms. The van der Waals surface area contributed by atoms with Crippen molar-refractivity contribution in [2.24, 2.45) is 5.41 Å². The summed E-state index contributed by atoms with van der Waals surface area (Å²) in [7, 11) is -3.28. The van der Waals surface area contributed by atoms with E-state index >= 15 is 0 Å². The fraction of sp³-hybridized carbons (Fsp3) is 0.611. The predicted octanol–water partition coefficient (Wildman–Crippen LogP) is 0.680. The van der Waals surface area contributed by atoms with E-state index in [0.717, 1.165) is 12.7 Å². The first-order chi connectivity index (χ1) is 12.6. The lowest BCUT2D eigenvalue weighted by atomic mass is 9.86. The Bertz CT molecular complexity index is 725. The van der Waals surface area contributed by atoms with Crippen LogP contribution in [0.15, 0.2) is 29.2 Å². The molecule has 1 aromatic carbocycles. The van der Waals surface area contributed by atoms with Crippen LogP contribution in [-0.2, 0) is 9.84 Å². The molecular formula is C18H28N2O6S. The Kier molecular flexibility index (Phi) is 7.07. The highest BCUT2D eigenvalue weighted by atomic mass is 32.2. The Morgan fingerprint density at radius 2 is 1.78 bits per heavy atom. The summed E-state index contributed by atoms with van der Waals surface area (Å²) in [5.41, 5.74) is -0.613. The van der Waals surface area contributed by atoms with Crippen molar-refractivity contribution in [1.29, 1.82) is 0 Å². The Morgan fingerprint density at radius 3 is 2.30 bits per heavy atom. The molecule has 8 nitrogen and oxygen atoms in total. The van der Waals surface area contributed by atoms with Gasteiger partial charge < -0.3 is 25.6 Å². The van der Waals surface area contributed by atoms with Gasteiger partial charge >= 0.3 is 6.03 Å². The minimum Gasteiger partial charge on any atom is -0.493 e. The van der Waals surface area contributed by atoms with Crippen LogP contribution in [0.2, 0.25) is 0 Å². The van der Waals surface area contributed by atoms with Gasteiger partial charge in [0, 0.05) is 24.8 Å². The van der Waals surface area contributed by atoms with Crippen molar-refractivity contribution < 1.29 is 28.2 Å². The van der Waals surface area contributed by atoms with Crippen molar-refractivity contribution in [3.63, 3.8) is 0 Å². The number of urea groups is 1. The van der Waals surface area contributed by atoms with Gasteiger partial charge in [0.05, 0.1) is 23.7 Å². The molecule has 1 aromatic rings. The summed E-state index contributed by atoms with van der Waals surface area (Å²) in [6.45, 7) is 2.94. The second-order valence-corrected chi connectivity index (χ2v) is 9.20. The van der Waals surface area contributed by atoms with Crippen molar-refractivity contribution in [2.75, 3.05) is 26.0 Å². The summed E-state index contributed by atoms with van der Waals surface area (Å²) >= 11 is 0. The van der Waals surface area contributed by atoms with Crippen LogP contribution >= 0.6 is 0 Å². The quantitative estimate of drug-likeness (QED) is 0.509. The van der Waals surface area contributed by atoms with E-state index in [9.17, 15) is 23.4 Å². The number of hydrogen-bond donors (Lipinski definition) is 4. The first-order valence-electron chi connectivity index (χ1n) is 8.96. The zero-order valence-corrected chi connectivity index (χ0v) is 16.5. The van der Waals surface area contributed by atoms with Gasteiger partial charge in [0.25, 0.3) is 0 Å². The number of sulfone groups is 1. The molecule has 152 valence electrons. The van der Waals surface area contributed by atoms with E-state index in [0.29, 0.717) is 25.1 Å². The molecule has 1 fully saturated rings. The van der Waals surface area contributed by atoms with Crippen LogP contribution in [0.25, 0.3) is 0 Å². The highest BCUT2D eigenvalue weighted by Gasteiger charge is 2.45. The van der Waals surface area contributed by atoms with Crippen LogP contribution in [0.5, 0.6) is 5.75 Å². The Labute approximate surface area is 159 Å². The van der Waals surface area contributed by atoms with E-state index in [1.54, 1.807) is 12.1 Å². The van der Waals surface area contributed by atoms with Gasteiger partial charge in [-0.25, -0.2) is 13.2 Å². The molecule has 1 unspecified atom stereocenters. The summed E-state index contributed by atoms with van der Waals surface area (Å²) in [6.07, 6.45) is 0.799. The summed E-state index contributed by atoms with van der Waals surface area (Å²) in [6, 6.07) is 5.75. The number of nitrogens with one attached hydrogen (secondary N) is 2. The van der Waals surface area contributed by atoms with Gasteiger partial charge in [0.2, 0.25) is 0 Å². The van der Waals surface area contributed by atoms with Crippen molar-refractivity contribution in [3.8, 4) is 5.75 Å². The smallest absolute Gasteiger partial charge is 0.314 e. The van der Waals surface area contributed by atoms with Crippen LogP contribution in [0, 0.1) is 5.41 Å². The summed E-state index contributed by atoms with van der Waals surface area (Å²) < 4.78 is 28.8. The molecule has 1 aliphatic carbocycles. The minimum absolute atomic E-state index is 0.174. The van der Waals surface area contributed by atoms with E-state index in [1.807, 2.05) is 6.92 Å². The van der Waals surface area contributed by atoms with E-state index in [4.69, 9.17) is 4.74 Å². The molecule has 3 atom stereocenters. The predicted molar refractivity (Wildman–Crippen MR) is 100 cm³/mol. The van der Waals surface area contributed by atoms with Gasteiger partial charge in [-0.1, -0.05) is 6.92 Å².